The van der Waals surface area contributed by atoms with Crippen molar-refractivity contribution in [2.75, 3.05) is 19.8 Å². The summed E-state index contributed by atoms with van der Waals surface area (Å²) in [6.45, 7) is -1.16. The van der Waals surface area contributed by atoms with E-state index < -0.39 is 78.8 Å². The Labute approximate surface area is 275 Å². The minimum atomic E-state index is -1.41. The number of para-hydroxylation sites is 1. The monoisotopic (exact) mass is 674 g/mol. The number of benzene rings is 1. The van der Waals surface area contributed by atoms with Crippen LogP contribution in [0, 0.1) is 0 Å². The van der Waals surface area contributed by atoms with Gasteiger partial charge in [0.25, 0.3) is 5.91 Å². The van der Waals surface area contributed by atoms with Gasteiger partial charge in [-0.25, -0.2) is 9.18 Å². The molecule has 3 rings (SSSR count). The van der Waals surface area contributed by atoms with Crippen molar-refractivity contribution in [2.24, 2.45) is 11.5 Å². The van der Waals surface area contributed by atoms with Crippen LogP contribution in [0.1, 0.15) is 56.9 Å². The normalized spacial score (nSPS) is 16.3. The molecule has 7 amide bonds. The van der Waals surface area contributed by atoms with Crippen LogP contribution in [0.2, 0.25) is 0 Å². The Morgan fingerprint density at radius 2 is 1.71 bits per heavy atom. The number of urea groups is 1. The molecule has 4 atom stereocenters. The number of alkyl halides is 1. The number of nitrogens with two attached hydrogens (primary N) is 2. The molecular formula is C31H43FN8O8. The number of rotatable bonds is 18. The van der Waals surface area contributed by atoms with Crippen molar-refractivity contribution in [3.8, 4) is 0 Å². The predicted octanol–water partition coefficient (Wildman–Crippen LogP) is -0.296. The number of hydrogen-bond donors (Lipinski definition) is 8. The molecule has 1 aromatic carbocycles. The first kappa shape index (κ1) is 37.2. The van der Waals surface area contributed by atoms with E-state index in [1.54, 1.807) is 6.20 Å². The van der Waals surface area contributed by atoms with E-state index in [1.165, 1.54) is 4.90 Å². The van der Waals surface area contributed by atoms with Crippen molar-refractivity contribution in [1.82, 2.24) is 31.2 Å². The molecule has 1 aliphatic heterocycles. The second-order valence-corrected chi connectivity index (χ2v) is 11.6. The van der Waals surface area contributed by atoms with Crippen molar-refractivity contribution >= 4 is 52.4 Å². The average molecular weight is 675 g/mol. The van der Waals surface area contributed by atoms with Gasteiger partial charge in [-0.2, -0.15) is 0 Å². The van der Waals surface area contributed by atoms with Gasteiger partial charge in [-0.3, -0.25) is 28.8 Å². The molecule has 17 heteroatoms. The number of carboxylic acid groups (broad SMARTS) is 1. The van der Waals surface area contributed by atoms with Gasteiger partial charge in [0.2, 0.25) is 23.6 Å². The minimum absolute atomic E-state index is 0.0811. The summed E-state index contributed by atoms with van der Waals surface area (Å²) in [5.41, 5.74) is 12.4. The summed E-state index contributed by atoms with van der Waals surface area (Å²) in [7, 11) is 0. The Kier molecular flexibility index (Phi) is 14.1. The zero-order valence-electron chi connectivity index (χ0n) is 26.5. The number of aliphatic carboxylic acids is 1. The molecule has 10 N–H and O–H groups in total. The highest BCUT2D eigenvalue weighted by Gasteiger charge is 2.38. The molecule has 2 aromatic rings. The number of halogens is 1. The third-order valence-corrected chi connectivity index (χ3v) is 8.13. The van der Waals surface area contributed by atoms with Gasteiger partial charge >= 0.3 is 12.0 Å². The van der Waals surface area contributed by atoms with E-state index in [9.17, 15) is 38.0 Å². The summed E-state index contributed by atoms with van der Waals surface area (Å²) in [6, 6.07) is 2.04. The molecule has 1 saturated heterocycles. The lowest BCUT2D eigenvalue weighted by molar-refractivity contribution is -0.146. The second-order valence-electron chi connectivity index (χ2n) is 11.6. The van der Waals surface area contributed by atoms with E-state index in [2.05, 4.69) is 26.3 Å². The number of likely N-dealkylation sites (tertiary alicyclic amines) is 1. The zero-order chi connectivity index (χ0) is 35.2. The molecule has 48 heavy (non-hydrogen) atoms. The number of piperidine rings is 1. The van der Waals surface area contributed by atoms with E-state index in [1.807, 2.05) is 24.3 Å². The Hall–Kier alpha value is -5.22. The van der Waals surface area contributed by atoms with Crippen molar-refractivity contribution in [1.29, 1.82) is 0 Å². The van der Waals surface area contributed by atoms with Crippen LogP contribution >= 0.6 is 0 Å². The van der Waals surface area contributed by atoms with Gasteiger partial charge in [0.05, 0.1) is 0 Å². The van der Waals surface area contributed by atoms with Crippen LogP contribution in [-0.4, -0.2) is 100 Å². The minimum Gasteiger partial charge on any atom is -0.481 e. The van der Waals surface area contributed by atoms with Crippen LogP contribution in [0.4, 0.5) is 9.18 Å². The van der Waals surface area contributed by atoms with Gasteiger partial charge in [-0.05, 0) is 63.0 Å². The SMILES string of the molecule is NC(=O)NCCC[C@H](NC(=O)[C@H](CCc1c[nH]c2ccccc12)NC(=O)[C@@H]1CCCCN1C(=O)[C@H](CCC(=O)O)NC(=O)CF)C(N)=O. The number of aromatic nitrogens is 1. The molecule has 0 unspecified atom stereocenters. The molecule has 0 radical (unpaired) electrons. The van der Waals surface area contributed by atoms with Crippen molar-refractivity contribution in [3.63, 3.8) is 0 Å². The van der Waals surface area contributed by atoms with E-state index in [0.29, 0.717) is 19.3 Å². The summed E-state index contributed by atoms with van der Waals surface area (Å²) in [5.74, 6) is -5.25. The third kappa shape index (κ3) is 10.9. The second kappa shape index (κ2) is 18.2. The van der Waals surface area contributed by atoms with E-state index in [-0.39, 0.29) is 45.2 Å². The van der Waals surface area contributed by atoms with Crippen LogP contribution in [0.15, 0.2) is 30.5 Å². The number of nitrogens with zero attached hydrogens (tertiary/aromatic N) is 1. The number of carbonyl (C=O) groups excluding carboxylic acids is 6. The standard InChI is InChI=1S/C31H43FN8O8/c32-16-25(41)37-23(12-13-26(42)43)30(47)40-15-4-3-9-24(40)29(46)39-22(11-10-18-17-36-20-7-2-1-6-19(18)20)28(45)38-21(27(33)44)8-5-14-35-31(34)48/h1-2,6-7,17,21-24,36H,3-5,8-16H2,(H2,33,44)(H,37,41)(H,38,45)(H,39,46)(H,42,43)(H3,34,35,48)/t21-,22-,23-,24-/m0/s1. The van der Waals surface area contributed by atoms with Crippen molar-refractivity contribution in [2.45, 2.75) is 82.0 Å². The number of carbonyl (C=O) groups is 7. The first-order valence-electron chi connectivity index (χ1n) is 15.8. The number of H-pyrrole nitrogens is 1. The van der Waals surface area contributed by atoms with Crippen LogP contribution in [0.25, 0.3) is 10.9 Å². The van der Waals surface area contributed by atoms with Crippen LogP contribution < -0.4 is 32.7 Å². The lowest BCUT2D eigenvalue weighted by Crippen LogP contribution is -2.60. The molecular weight excluding hydrogens is 631 g/mol. The number of nitrogens with one attached hydrogen (secondary N) is 5. The summed E-state index contributed by atoms with van der Waals surface area (Å²) in [5, 5.41) is 20.0. The Morgan fingerprint density at radius 3 is 2.40 bits per heavy atom. The lowest BCUT2D eigenvalue weighted by atomic mass is 9.97. The van der Waals surface area contributed by atoms with Gasteiger partial charge in [-0.1, -0.05) is 18.2 Å². The first-order chi connectivity index (χ1) is 22.9. The third-order valence-electron chi connectivity index (χ3n) is 8.13. The number of amides is 7. The zero-order valence-corrected chi connectivity index (χ0v) is 26.5. The van der Waals surface area contributed by atoms with Crippen molar-refractivity contribution < 1.29 is 43.1 Å². The number of aryl methyl sites for hydroxylation is 1. The molecule has 0 aliphatic carbocycles. The quantitative estimate of drug-likeness (QED) is 0.0972. The smallest absolute Gasteiger partial charge is 0.312 e. The molecule has 1 fully saturated rings. The van der Waals surface area contributed by atoms with Crippen LogP contribution in [0.3, 0.4) is 0 Å². The van der Waals surface area contributed by atoms with Gasteiger partial charge in [0, 0.05) is 36.6 Å². The highest BCUT2D eigenvalue weighted by Crippen LogP contribution is 2.22. The van der Waals surface area contributed by atoms with Crippen molar-refractivity contribution in [3.05, 3.63) is 36.0 Å². The van der Waals surface area contributed by atoms with Crippen LogP contribution in [-0.2, 0) is 35.2 Å². The van der Waals surface area contributed by atoms with E-state index in [0.717, 1.165) is 16.5 Å². The summed E-state index contributed by atoms with van der Waals surface area (Å²) < 4.78 is 13.0. The van der Waals surface area contributed by atoms with Gasteiger partial charge in [-0.15, -0.1) is 0 Å². The Bertz CT molecular complexity index is 1480. The molecule has 1 aromatic heterocycles. The molecule has 2 heterocycles. The van der Waals surface area contributed by atoms with Gasteiger partial charge in [0.1, 0.15) is 24.2 Å². The van der Waals surface area contributed by atoms with E-state index in [4.69, 9.17) is 16.6 Å². The van der Waals surface area contributed by atoms with Gasteiger partial charge < -0.3 is 47.7 Å². The number of fused-ring (bicyclic) bond motifs is 1. The number of aromatic amines is 1. The van der Waals surface area contributed by atoms with Gasteiger partial charge in [0.15, 0.2) is 6.67 Å². The molecule has 0 bridgehead atoms. The number of carboxylic acids is 1. The summed E-state index contributed by atoms with van der Waals surface area (Å²) in [4.78, 5) is 91.5. The van der Waals surface area contributed by atoms with Crippen LogP contribution in [0.5, 0.6) is 0 Å². The highest BCUT2D eigenvalue weighted by molar-refractivity contribution is 5.96. The maximum atomic E-state index is 13.8. The molecule has 262 valence electrons. The topological polar surface area (TPSA) is 259 Å². The fourth-order valence-corrected chi connectivity index (χ4v) is 5.68. The maximum Gasteiger partial charge on any atom is 0.312 e. The van der Waals surface area contributed by atoms with E-state index >= 15 is 0 Å². The predicted molar refractivity (Wildman–Crippen MR) is 171 cm³/mol. The fourth-order valence-electron chi connectivity index (χ4n) is 5.68. The average Bonchev–Trinajstić information content (AvgIpc) is 3.48. The molecule has 1 aliphatic rings. The molecule has 0 saturated carbocycles. The molecule has 0 spiro atoms. The largest absolute Gasteiger partial charge is 0.481 e. The maximum absolute atomic E-state index is 13.8. The Morgan fingerprint density at radius 1 is 0.958 bits per heavy atom. The fraction of sp³-hybridized carbons (Fsp3) is 0.516. The summed E-state index contributed by atoms with van der Waals surface area (Å²) >= 11 is 0. The molecule has 16 nitrogen and oxygen atoms in total. The Balaban J connectivity index is 1.81. The lowest BCUT2D eigenvalue weighted by Gasteiger charge is -2.37. The number of primary amides is 2. The highest BCUT2D eigenvalue weighted by atomic mass is 19.1. The first-order valence-corrected chi connectivity index (χ1v) is 15.8. The summed E-state index contributed by atoms with van der Waals surface area (Å²) in [6.07, 6.45) is 3.09. The number of hydrogen-bond acceptors (Lipinski definition) is 7.